The van der Waals surface area contributed by atoms with Gasteiger partial charge in [0.15, 0.2) is 0 Å². The van der Waals surface area contributed by atoms with Crippen molar-refractivity contribution in [2.75, 3.05) is 13.1 Å². The van der Waals surface area contributed by atoms with Crippen LogP contribution in [0.25, 0.3) is 11.4 Å². The van der Waals surface area contributed by atoms with Gasteiger partial charge in [0, 0.05) is 13.2 Å². The lowest BCUT2D eigenvalue weighted by atomic mass is 10.0. The van der Waals surface area contributed by atoms with Gasteiger partial charge in [-0.25, -0.2) is 4.98 Å². The van der Waals surface area contributed by atoms with Gasteiger partial charge < -0.3 is 9.88 Å². The summed E-state index contributed by atoms with van der Waals surface area (Å²) in [7, 11) is 1.96. The van der Waals surface area contributed by atoms with Crippen LogP contribution in [0.1, 0.15) is 12.1 Å². The van der Waals surface area contributed by atoms with Crippen LogP contribution in [0.5, 0.6) is 0 Å². The second kappa shape index (κ2) is 4.86. The summed E-state index contributed by atoms with van der Waals surface area (Å²) in [6, 6.07) is 0. The summed E-state index contributed by atoms with van der Waals surface area (Å²) in [4.78, 5) is 13.1. The van der Waals surface area contributed by atoms with Crippen molar-refractivity contribution in [3.8, 4) is 11.4 Å². The molecule has 3 rings (SSSR count). The molecular formula is C13H17N5. The highest BCUT2D eigenvalue weighted by atomic mass is 15.0. The molecule has 0 saturated carbocycles. The molecule has 5 nitrogen and oxygen atoms in total. The lowest BCUT2D eigenvalue weighted by Crippen LogP contribution is -2.11. The Labute approximate surface area is 106 Å². The first kappa shape index (κ1) is 11.3. The molecule has 0 aromatic carbocycles. The predicted molar refractivity (Wildman–Crippen MR) is 68.9 cm³/mol. The molecule has 1 saturated heterocycles. The molecule has 1 aliphatic rings. The van der Waals surface area contributed by atoms with Crippen LogP contribution in [0.4, 0.5) is 0 Å². The molecule has 18 heavy (non-hydrogen) atoms. The van der Waals surface area contributed by atoms with E-state index >= 15 is 0 Å². The Morgan fingerprint density at radius 2 is 2.28 bits per heavy atom. The number of nitrogens with zero attached hydrogens (tertiary/aromatic N) is 4. The second-order valence-corrected chi connectivity index (χ2v) is 4.85. The van der Waals surface area contributed by atoms with Gasteiger partial charge in [0.2, 0.25) is 0 Å². The molecule has 0 unspecified atom stereocenters. The number of hydrogen-bond acceptors (Lipinski definition) is 4. The second-order valence-electron chi connectivity index (χ2n) is 4.85. The predicted octanol–water partition coefficient (Wildman–Crippen LogP) is 1.03. The SMILES string of the molecule is Cn1cncc1-c1cnc(C[C@@H]2CCNC2)cn1. The van der Waals surface area contributed by atoms with Crippen LogP contribution in [0.2, 0.25) is 0 Å². The summed E-state index contributed by atoms with van der Waals surface area (Å²) in [5.74, 6) is 0.710. The highest BCUT2D eigenvalue weighted by Gasteiger charge is 2.15. The molecule has 1 aliphatic heterocycles. The Bertz CT molecular complexity index is 510. The molecule has 0 aliphatic carbocycles. The summed E-state index contributed by atoms with van der Waals surface area (Å²) in [5, 5.41) is 3.37. The minimum Gasteiger partial charge on any atom is -0.332 e. The van der Waals surface area contributed by atoms with Crippen LogP contribution < -0.4 is 5.32 Å². The van der Waals surface area contributed by atoms with E-state index in [-0.39, 0.29) is 0 Å². The smallest absolute Gasteiger partial charge is 0.107 e. The summed E-state index contributed by atoms with van der Waals surface area (Å²) >= 11 is 0. The quantitative estimate of drug-likeness (QED) is 0.874. The first-order valence-corrected chi connectivity index (χ1v) is 6.31. The van der Waals surface area contributed by atoms with Gasteiger partial charge in [0.25, 0.3) is 0 Å². The number of aromatic nitrogens is 4. The summed E-state index contributed by atoms with van der Waals surface area (Å²) in [5.41, 5.74) is 2.95. The molecule has 0 amide bonds. The van der Waals surface area contributed by atoms with Crippen molar-refractivity contribution in [2.24, 2.45) is 13.0 Å². The van der Waals surface area contributed by atoms with E-state index < -0.39 is 0 Å². The maximum absolute atomic E-state index is 4.51. The Hall–Kier alpha value is -1.75. The first-order valence-electron chi connectivity index (χ1n) is 6.31. The van der Waals surface area contributed by atoms with E-state index in [9.17, 15) is 0 Å². The Kier molecular flexibility index (Phi) is 3.06. The van der Waals surface area contributed by atoms with Gasteiger partial charge in [-0.15, -0.1) is 0 Å². The Morgan fingerprint density at radius 3 is 2.89 bits per heavy atom. The van der Waals surface area contributed by atoms with Gasteiger partial charge in [-0.3, -0.25) is 9.97 Å². The van der Waals surface area contributed by atoms with E-state index in [1.165, 1.54) is 6.42 Å². The minimum atomic E-state index is 0.710. The molecule has 1 atom stereocenters. The zero-order chi connectivity index (χ0) is 12.4. The normalized spacial score (nSPS) is 19.3. The van der Waals surface area contributed by atoms with Crippen molar-refractivity contribution in [2.45, 2.75) is 12.8 Å². The largest absolute Gasteiger partial charge is 0.332 e. The van der Waals surface area contributed by atoms with Crippen LogP contribution in [0.3, 0.4) is 0 Å². The molecule has 0 bridgehead atoms. The third kappa shape index (κ3) is 2.26. The molecule has 2 aromatic heterocycles. The van der Waals surface area contributed by atoms with E-state index in [0.29, 0.717) is 5.92 Å². The van der Waals surface area contributed by atoms with Gasteiger partial charge in [-0.05, 0) is 31.8 Å². The van der Waals surface area contributed by atoms with E-state index in [1.54, 1.807) is 6.33 Å². The van der Waals surface area contributed by atoms with Crippen LogP contribution in [0, 0.1) is 5.92 Å². The van der Waals surface area contributed by atoms with Crippen molar-refractivity contribution < 1.29 is 0 Å². The van der Waals surface area contributed by atoms with Crippen LogP contribution in [0.15, 0.2) is 24.9 Å². The number of nitrogens with one attached hydrogen (secondary N) is 1. The number of hydrogen-bond donors (Lipinski definition) is 1. The summed E-state index contributed by atoms with van der Waals surface area (Å²) in [6.07, 6.45) is 9.58. The standard InChI is InChI=1S/C13H17N5/c1-18-9-15-8-13(18)12-7-16-11(6-17-12)4-10-2-3-14-5-10/h6-10,14H,2-5H2,1H3/t10-/m0/s1. The summed E-state index contributed by atoms with van der Waals surface area (Å²) < 4.78 is 1.95. The van der Waals surface area contributed by atoms with Crippen molar-refractivity contribution in [3.63, 3.8) is 0 Å². The lowest BCUT2D eigenvalue weighted by molar-refractivity contribution is 0.570. The zero-order valence-corrected chi connectivity index (χ0v) is 10.5. The van der Waals surface area contributed by atoms with Gasteiger partial charge in [-0.2, -0.15) is 0 Å². The fourth-order valence-electron chi connectivity index (χ4n) is 2.38. The highest BCUT2D eigenvalue weighted by molar-refractivity contribution is 5.51. The van der Waals surface area contributed by atoms with Crippen LogP contribution in [-0.2, 0) is 13.5 Å². The van der Waals surface area contributed by atoms with E-state index in [0.717, 1.165) is 36.6 Å². The van der Waals surface area contributed by atoms with Crippen molar-refractivity contribution in [3.05, 3.63) is 30.6 Å². The molecule has 1 fully saturated rings. The average Bonchev–Trinajstić information content (AvgIpc) is 3.02. The van der Waals surface area contributed by atoms with E-state index in [4.69, 9.17) is 0 Å². The van der Waals surface area contributed by atoms with Crippen molar-refractivity contribution >= 4 is 0 Å². The lowest BCUT2D eigenvalue weighted by Gasteiger charge is -2.07. The maximum atomic E-state index is 4.51. The van der Waals surface area contributed by atoms with Gasteiger partial charge in [-0.1, -0.05) is 0 Å². The highest BCUT2D eigenvalue weighted by Crippen LogP contribution is 2.16. The number of aryl methyl sites for hydroxylation is 1. The third-order valence-corrected chi connectivity index (χ3v) is 3.44. The maximum Gasteiger partial charge on any atom is 0.107 e. The van der Waals surface area contributed by atoms with Crippen LogP contribution >= 0.6 is 0 Å². The number of imidazole rings is 1. The van der Waals surface area contributed by atoms with Crippen molar-refractivity contribution in [1.29, 1.82) is 0 Å². The van der Waals surface area contributed by atoms with Crippen molar-refractivity contribution in [1.82, 2.24) is 24.8 Å². The molecule has 94 valence electrons. The van der Waals surface area contributed by atoms with E-state index in [2.05, 4.69) is 20.3 Å². The molecule has 2 aromatic rings. The monoisotopic (exact) mass is 243 g/mol. The number of rotatable bonds is 3. The Balaban J connectivity index is 1.74. The van der Waals surface area contributed by atoms with Gasteiger partial charge >= 0.3 is 0 Å². The Morgan fingerprint density at radius 1 is 1.33 bits per heavy atom. The zero-order valence-electron chi connectivity index (χ0n) is 10.5. The van der Waals surface area contributed by atoms with E-state index in [1.807, 2.05) is 30.2 Å². The topological polar surface area (TPSA) is 55.6 Å². The summed E-state index contributed by atoms with van der Waals surface area (Å²) in [6.45, 7) is 2.23. The van der Waals surface area contributed by atoms with Gasteiger partial charge in [0.05, 0.1) is 30.1 Å². The molecule has 0 spiro atoms. The molecule has 3 heterocycles. The fourth-order valence-corrected chi connectivity index (χ4v) is 2.38. The molecular weight excluding hydrogens is 226 g/mol. The van der Waals surface area contributed by atoms with Crippen LogP contribution in [-0.4, -0.2) is 32.6 Å². The average molecular weight is 243 g/mol. The third-order valence-electron chi connectivity index (χ3n) is 3.44. The molecule has 0 radical (unpaired) electrons. The van der Waals surface area contributed by atoms with Gasteiger partial charge in [0.1, 0.15) is 5.69 Å². The minimum absolute atomic E-state index is 0.710. The fraction of sp³-hybridized carbons (Fsp3) is 0.462. The molecule has 5 heteroatoms. The first-order chi connectivity index (χ1) is 8.83. The molecule has 1 N–H and O–H groups in total.